The van der Waals surface area contributed by atoms with Gasteiger partial charge < -0.3 is 14.1 Å². The molecular formula is C16H15ClN4O3. The molecule has 0 atom stereocenters. The molecule has 124 valence electrons. The van der Waals surface area contributed by atoms with Crippen LogP contribution in [0.1, 0.15) is 16.2 Å². The van der Waals surface area contributed by atoms with E-state index < -0.39 is 0 Å². The number of nitrogens with zero attached hydrogens (tertiary/aromatic N) is 4. The number of hydrogen-bond donors (Lipinski definition) is 0. The van der Waals surface area contributed by atoms with Crippen molar-refractivity contribution < 1.29 is 13.9 Å². The number of rotatable bonds is 2. The minimum Gasteiger partial charge on any atom is -0.416 e. The van der Waals surface area contributed by atoms with Crippen LogP contribution in [0.2, 0.25) is 5.02 Å². The van der Waals surface area contributed by atoms with E-state index in [1.54, 1.807) is 17.9 Å². The van der Waals surface area contributed by atoms with E-state index in [1.165, 1.54) is 4.52 Å². The van der Waals surface area contributed by atoms with Gasteiger partial charge in [-0.2, -0.15) is 9.50 Å². The lowest BCUT2D eigenvalue weighted by Gasteiger charge is -2.25. The Bertz CT molecular complexity index is 911. The monoisotopic (exact) mass is 346 g/mol. The summed E-state index contributed by atoms with van der Waals surface area (Å²) in [5.41, 5.74) is 1.34. The molecule has 1 aliphatic heterocycles. The fraction of sp³-hybridized carbons (Fsp3) is 0.312. The molecular weight excluding hydrogens is 332 g/mol. The molecule has 3 heterocycles. The summed E-state index contributed by atoms with van der Waals surface area (Å²) in [7, 11) is 0. The van der Waals surface area contributed by atoms with Gasteiger partial charge in [-0.1, -0.05) is 23.7 Å². The first-order chi connectivity index (χ1) is 11.6. The average Bonchev–Trinajstić information content (AvgIpc) is 3.15. The smallest absolute Gasteiger partial charge is 0.325 e. The molecule has 1 saturated heterocycles. The van der Waals surface area contributed by atoms with Crippen molar-refractivity contribution in [3.63, 3.8) is 0 Å². The van der Waals surface area contributed by atoms with Crippen LogP contribution in [0.15, 0.2) is 28.7 Å². The van der Waals surface area contributed by atoms with E-state index in [4.69, 9.17) is 20.8 Å². The van der Waals surface area contributed by atoms with Gasteiger partial charge in [0, 0.05) is 18.7 Å². The Kier molecular flexibility index (Phi) is 3.74. The van der Waals surface area contributed by atoms with Gasteiger partial charge in [-0.3, -0.25) is 4.79 Å². The van der Waals surface area contributed by atoms with E-state index in [-0.39, 0.29) is 17.5 Å². The normalized spacial score (nSPS) is 15.2. The summed E-state index contributed by atoms with van der Waals surface area (Å²) in [5, 5.41) is 4.99. The first-order valence-corrected chi connectivity index (χ1v) is 8.01. The predicted molar refractivity (Wildman–Crippen MR) is 87.2 cm³/mol. The fourth-order valence-corrected chi connectivity index (χ4v) is 2.93. The zero-order chi connectivity index (χ0) is 16.7. The third-order valence-electron chi connectivity index (χ3n) is 4.02. The number of benzene rings is 1. The zero-order valence-corrected chi connectivity index (χ0v) is 13.8. The van der Waals surface area contributed by atoms with E-state index >= 15 is 0 Å². The number of oxazole rings is 1. The lowest BCUT2D eigenvalue weighted by Crippen LogP contribution is -2.40. The maximum absolute atomic E-state index is 12.6. The molecule has 7 nitrogen and oxygen atoms in total. The predicted octanol–water partition coefficient (Wildman–Crippen LogP) is 2.42. The molecule has 0 unspecified atom stereocenters. The van der Waals surface area contributed by atoms with E-state index in [0.717, 1.165) is 5.56 Å². The van der Waals surface area contributed by atoms with Gasteiger partial charge in [0.05, 0.1) is 23.9 Å². The molecule has 1 amide bonds. The topological polar surface area (TPSA) is 72.9 Å². The van der Waals surface area contributed by atoms with E-state index in [1.807, 2.05) is 18.2 Å². The van der Waals surface area contributed by atoms with Crippen LogP contribution in [0, 0.1) is 6.92 Å². The van der Waals surface area contributed by atoms with Crippen molar-refractivity contribution in [3.05, 3.63) is 40.7 Å². The van der Waals surface area contributed by atoms with Crippen LogP contribution < -0.4 is 0 Å². The largest absolute Gasteiger partial charge is 0.416 e. The molecule has 1 aromatic carbocycles. The van der Waals surface area contributed by atoms with Gasteiger partial charge in [0.15, 0.2) is 5.82 Å². The van der Waals surface area contributed by atoms with Crippen molar-refractivity contribution in [2.45, 2.75) is 6.92 Å². The van der Waals surface area contributed by atoms with Crippen LogP contribution in [0.25, 0.3) is 17.2 Å². The number of carbonyl (C=O) groups is 1. The quantitative estimate of drug-likeness (QED) is 0.712. The van der Waals surface area contributed by atoms with E-state index in [9.17, 15) is 4.79 Å². The second kappa shape index (κ2) is 5.92. The number of carbonyl (C=O) groups excluding carboxylic acids is 1. The van der Waals surface area contributed by atoms with Gasteiger partial charge in [-0.05, 0) is 19.1 Å². The third kappa shape index (κ3) is 2.46. The maximum Gasteiger partial charge on any atom is 0.325 e. The lowest BCUT2D eigenvalue weighted by molar-refractivity contribution is 0.0283. The van der Waals surface area contributed by atoms with Crippen LogP contribution in [0.3, 0.4) is 0 Å². The summed E-state index contributed by atoms with van der Waals surface area (Å²) in [5.74, 6) is 0.840. The molecule has 3 aromatic rings. The highest BCUT2D eigenvalue weighted by atomic mass is 35.5. The van der Waals surface area contributed by atoms with Gasteiger partial charge >= 0.3 is 5.84 Å². The molecule has 2 aromatic heterocycles. The number of ether oxygens (including phenoxy) is 1. The average molecular weight is 347 g/mol. The minimum absolute atomic E-state index is 0.164. The molecule has 0 N–H and O–H groups in total. The van der Waals surface area contributed by atoms with Crippen molar-refractivity contribution in [3.8, 4) is 11.4 Å². The fourth-order valence-electron chi connectivity index (χ4n) is 2.71. The van der Waals surface area contributed by atoms with Crippen molar-refractivity contribution >= 4 is 23.4 Å². The molecule has 0 saturated carbocycles. The number of aryl methyl sites for hydroxylation is 1. The standard InChI is InChI=1S/C16H15ClN4O3/c1-10-13(15(22)20-6-8-23-9-7-20)24-16-18-14(19-21(10)16)11-4-2-3-5-12(11)17/h2-5H,6-9H2,1H3. The van der Waals surface area contributed by atoms with Gasteiger partial charge in [-0.25, -0.2) is 0 Å². The SMILES string of the molecule is Cc1c(C(=O)N2CCOCC2)oc2nc(-c3ccccc3Cl)nn12. The number of amides is 1. The van der Waals surface area contributed by atoms with Crippen LogP contribution >= 0.6 is 11.6 Å². The van der Waals surface area contributed by atoms with Crippen LogP contribution in [-0.2, 0) is 4.74 Å². The Hall–Kier alpha value is -2.38. The summed E-state index contributed by atoms with van der Waals surface area (Å²) in [6.07, 6.45) is 0. The summed E-state index contributed by atoms with van der Waals surface area (Å²) < 4.78 is 12.5. The van der Waals surface area contributed by atoms with Gasteiger partial charge in [0.1, 0.15) is 0 Å². The number of fused-ring (bicyclic) bond motifs is 1. The molecule has 0 spiro atoms. The summed E-state index contributed by atoms with van der Waals surface area (Å²) in [6, 6.07) is 7.33. The first kappa shape index (κ1) is 15.2. The van der Waals surface area contributed by atoms with Crippen LogP contribution in [0.4, 0.5) is 0 Å². The summed E-state index contributed by atoms with van der Waals surface area (Å²) in [4.78, 5) is 18.7. The maximum atomic E-state index is 12.6. The molecule has 24 heavy (non-hydrogen) atoms. The van der Waals surface area contributed by atoms with Gasteiger partial charge in [-0.15, -0.1) is 5.10 Å². The molecule has 0 bridgehead atoms. The van der Waals surface area contributed by atoms with Crippen LogP contribution in [-0.4, -0.2) is 51.7 Å². The second-order valence-electron chi connectivity index (χ2n) is 5.53. The zero-order valence-electron chi connectivity index (χ0n) is 13.0. The van der Waals surface area contributed by atoms with Crippen molar-refractivity contribution in [2.75, 3.05) is 26.3 Å². The minimum atomic E-state index is -0.164. The number of aromatic nitrogens is 3. The molecule has 1 aliphatic rings. The van der Waals surface area contributed by atoms with E-state index in [2.05, 4.69) is 10.1 Å². The number of morpholine rings is 1. The summed E-state index contributed by atoms with van der Waals surface area (Å²) in [6.45, 7) is 3.98. The Morgan fingerprint density at radius 1 is 1.25 bits per heavy atom. The number of hydrogen-bond acceptors (Lipinski definition) is 5. The Morgan fingerprint density at radius 3 is 2.71 bits per heavy atom. The Morgan fingerprint density at radius 2 is 2.00 bits per heavy atom. The molecule has 8 heteroatoms. The van der Waals surface area contributed by atoms with Gasteiger partial charge in [0.25, 0.3) is 5.91 Å². The molecule has 0 aliphatic carbocycles. The van der Waals surface area contributed by atoms with Crippen LogP contribution in [0.5, 0.6) is 0 Å². The second-order valence-corrected chi connectivity index (χ2v) is 5.94. The summed E-state index contributed by atoms with van der Waals surface area (Å²) >= 11 is 6.18. The Labute approximate surface area is 142 Å². The molecule has 1 fully saturated rings. The van der Waals surface area contributed by atoms with Crippen molar-refractivity contribution in [1.29, 1.82) is 0 Å². The third-order valence-corrected chi connectivity index (χ3v) is 4.35. The molecule has 4 rings (SSSR count). The van der Waals surface area contributed by atoms with Crippen molar-refractivity contribution in [2.24, 2.45) is 0 Å². The Balaban J connectivity index is 1.71. The molecule has 0 radical (unpaired) electrons. The van der Waals surface area contributed by atoms with Gasteiger partial charge in [0.2, 0.25) is 5.76 Å². The highest BCUT2D eigenvalue weighted by Gasteiger charge is 2.26. The van der Waals surface area contributed by atoms with E-state index in [0.29, 0.717) is 42.8 Å². The first-order valence-electron chi connectivity index (χ1n) is 7.63. The number of halogens is 1. The van der Waals surface area contributed by atoms with Crippen molar-refractivity contribution in [1.82, 2.24) is 19.5 Å². The highest BCUT2D eigenvalue weighted by molar-refractivity contribution is 6.33. The highest BCUT2D eigenvalue weighted by Crippen LogP contribution is 2.26. The lowest BCUT2D eigenvalue weighted by atomic mass is 10.2.